The average molecular weight is 243 g/mol. The number of hydrazine groups is 1. The molecule has 3 N–H and O–H groups in total. The number of methoxy groups -OCH3 is 1. The Labute approximate surface area is 99.0 Å². The molecule has 0 saturated heterocycles. The fourth-order valence-electron chi connectivity index (χ4n) is 1.31. The molecule has 0 aliphatic rings. The zero-order valence-electron chi connectivity index (χ0n) is 9.74. The van der Waals surface area contributed by atoms with E-state index in [0.29, 0.717) is 23.1 Å². The van der Waals surface area contributed by atoms with Gasteiger partial charge in [-0.3, -0.25) is 10.2 Å². The Morgan fingerprint density at radius 2 is 2.31 bits per heavy atom. The number of thiazole rings is 1. The van der Waals surface area contributed by atoms with Gasteiger partial charge in [0.15, 0.2) is 0 Å². The van der Waals surface area contributed by atoms with Gasteiger partial charge >= 0.3 is 0 Å². The molecule has 1 heterocycles. The number of nitrogens with two attached hydrogens (primary N) is 1. The van der Waals surface area contributed by atoms with E-state index in [4.69, 9.17) is 10.6 Å². The van der Waals surface area contributed by atoms with Crippen LogP contribution in [0.4, 0.5) is 0 Å². The van der Waals surface area contributed by atoms with Gasteiger partial charge in [0.25, 0.3) is 5.91 Å². The number of carbonyl (C=O) groups is 1. The third kappa shape index (κ3) is 3.26. The minimum atomic E-state index is -0.306. The SMILES string of the molecule is COCc1nc(CC(C)C)sc1C(=O)NN. The normalized spacial score (nSPS) is 10.8. The lowest BCUT2D eigenvalue weighted by Gasteiger charge is -1.98. The van der Waals surface area contributed by atoms with E-state index in [9.17, 15) is 4.79 Å². The number of hydrogen-bond donors (Lipinski definition) is 2. The highest BCUT2D eigenvalue weighted by Crippen LogP contribution is 2.21. The zero-order chi connectivity index (χ0) is 12.1. The van der Waals surface area contributed by atoms with Crippen LogP contribution >= 0.6 is 11.3 Å². The molecule has 0 fully saturated rings. The van der Waals surface area contributed by atoms with Gasteiger partial charge in [0.1, 0.15) is 4.88 Å². The predicted molar refractivity (Wildman–Crippen MR) is 63.0 cm³/mol. The Hall–Kier alpha value is -0.980. The Morgan fingerprint density at radius 3 is 2.81 bits per heavy atom. The highest BCUT2D eigenvalue weighted by molar-refractivity contribution is 7.13. The molecule has 1 aromatic heterocycles. The zero-order valence-corrected chi connectivity index (χ0v) is 10.6. The summed E-state index contributed by atoms with van der Waals surface area (Å²) in [6.45, 7) is 4.55. The molecular formula is C10H17N3O2S. The van der Waals surface area contributed by atoms with E-state index in [1.165, 1.54) is 11.3 Å². The second kappa shape index (κ2) is 5.93. The molecule has 0 spiro atoms. The van der Waals surface area contributed by atoms with Crippen LogP contribution < -0.4 is 11.3 Å². The van der Waals surface area contributed by atoms with Crippen molar-refractivity contribution in [3.05, 3.63) is 15.6 Å². The van der Waals surface area contributed by atoms with Gasteiger partial charge in [0.2, 0.25) is 0 Å². The molecule has 0 atom stereocenters. The summed E-state index contributed by atoms with van der Waals surface area (Å²) in [7, 11) is 1.57. The molecule has 16 heavy (non-hydrogen) atoms. The second-order valence-corrected chi connectivity index (χ2v) is 4.97. The summed E-state index contributed by atoms with van der Waals surface area (Å²) in [5.74, 6) is 5.32. The highest BCUT2D eigenvalue weighted by atomic mass is 32.1. The van der Waals surface area contributed by atoms with Gasteiger partial charge in [-0.15, -0.1) is 11.3 Å². The van der Waals surface area contributed by atoms with Gasteiger partial charge in [-0.2, -0.15) is 0 Å². The van der Waals surface area contributed by atoms with E-state index in [0.717, 1.165) is 11.4 Å². The van der Waals surface area contributed by atoms with E-state index in [1.54, 1.807) is 7.11 Å². The van der Waals surface area contributed by atoms with Crippen LogP contribution in [0.3, 0.4) is 0 Å². The number of aromatic nitrogens is 1. The lowest BCUT2D eigenvalue weighted by Crippen LogP contribution is -2.30. The number of nitrogens with one attached hydrogen (secondary N) is 1. The maximum atomic E-state index is 11.5. The Kier molecular flexibility index (Phi) is 4.85. The van der Waals surface area contributed by atoms with Crippen molar-refractivity contribution in [3.8, 4) is 0 Å². The third-order valence-corrected chi connectivity index (χ3v) is 3.06. The summed E-state index contributed by atoms with van der Waals surface area (Å²) in [5.41, 5.74) is 2.78. The molecule has 1 rings (SSSR count). The Morgan fingerprint density at radius 1 is 1.62 bits per heavy atom. The standard InChI is InChI=1S/C10H17N3O2S/c1-6(2)4-8-12-7(5-15-3)9(16-8)10(14)13-11/h6H,4-5,11H2,1-3H3,(H,13,14). The maximum absolute atomic E-state index is 11.5. The van der Waals surface area contributed by atoms with Gasteiger partial charge < -0.3 is 4.74 Å². The number of nitrogen functional groups attached to an aromatic ring is 1. The molecule has 90 valence electrons. The Bertz CT molecular complexity index is 363. The summed E-state index contributed by atoms with van der Waals surface area (Å²) < 4.78 is 5.00. The van der Waals surface area contributed by atoms with Crippen LogP contribution in [0, 0.1) is 5.92 Å². The number of carbonyl (C=O) groups excluding carboxylic acids is 1. The molecule has 1 aromatic rings. The first kappa shape index (κ1) is 13.1. The average Bonchev–Trinajstić information content (AvgIpc) is 2.59. The van der Waals surface area contributed by atoms with Gasteiger partial charge in [-0.1, -0.05) is 13.8 Å². The first-order valence-corrected chi connectivity index (χ1v) is 5.88. The third-order valence-electron chi connectivity index (χ3n) is 1.94. The first-order valence-electron chi connectivity index (χ1n) is 5.07. The molecule has 0 aliphatic carbocycles. The van der Waals surface area contributed by atoms with Crippen molar-refractivity contribution in [1.29, 1.82) is 0 Å². The smallest absolute Gasteiger partial charge is 0.277 e. The maximum Gasteiger partial charge on any atom is 0.277 e. The summed E-state index contributed by atoms with van der Waals surface area (Å²) in [4.78, 5) is 16.4. The fraction of sp³-hybridized carbons (Fsp3) is 0.600. The molecule has 1 amide bonds. The fourth-order valence-corrected chi connectivity index (χ4v) is 2.50. The van der Waals surface area contributed by atoms with Gasteiger partial charge in [0, 0.05) is 13.5 Å². The molecular weight excluding hydrogens is 226 g/mol. The summed E-state index contributed by atoms with van der Waals surface area (Å²) in [5, 5.41) is 0.945. The van der Waals surface area contributed by atoms with Crippen LogP contribution in [0.5, 0.6) is 0 Å². The van der Waals surface area contributed by atoms with E-state index < -0.39 is 0 Å². The highest BCUT2D eigenvalue weighted by Gasteiger charge is 2.17. The van der Waals surface area contributed by atoms with Crippen LogP contribution in [0.2, 0.25) is 0 Å². The van der Waals surface area contributed by atoms with Crippen molar-refractivity contribution in [3.63, 3.8) is 0 Å². The van der Waals surface area contributed by atoms with Crippen LogP contribution in [-0.2, 0) is 17.8 Å². The van der Waals surface area contributed by atoms with Crippen molar-refractivity contribution in [2.24, 2.45) is 11.8 Å². The van der Waals surface area contributed by atoms with Crippen LogP contribution in [0.1, 0.15) is 34.2 Å². The summed E-state index contributed by atoms with van der Waals surface area (Å²) in [6.07, 6.45) is 0.860. The van der Waals surface area contributed by atoms with Crippen LogP contribution in [0.15, 0.2) is 0 Å². The minimum Gasteiger partial charge on any atom is -0.378 e. The topological polar surface area (TPSA) is 77.2 Å². The van der Waals surface area contributed by atoms with E-state index >= 15 is 0 Å². The van der Waals surface area contributed by atoms with Crippen molar-refractivity contribution >= 4 is 17.2 Å². The summed E-state index contributed by atoms with van der Waals surface area (Å²) >= 11 is 1.38. The van der Waals surface area contributed by atoms with E-state index in [1.807, 2.05) is 0 Å². The van der Waals surface area contributed by atoms with Crippen LogP contribution in [-0.4, -0.2) is 18.0 Å². The number of amides is 1. The van der Waals surface area contributed by atoms with Gasteiger partial charge in [0.05, 0.1) is 17.3 Å². The molecule has 0 bridgehead atoms. The van der Waals surface area contributed by atoms with Crippen molar-refractivity contribution in [2.45, 2.75) is 26.9 Å². The molecule has 0 unspecified atom stereocenters. The summed E-state index contributed by atoms with van der Waals surface area (Å²) in [6, 6.07) is 0. The molecule has 6 heteroatoms. The first-order chi connectivity index (χ1) is 7.58. The Balaban J connectivity index is 2.95. The predicted octanol–water partition coefficient (Wildman–Crippen LogP) is 1.09. The van der Waals surface area contributed by atoms with Crippen LogP contribution in [0.25, 0.3) is 0 Å². The van der Waals surface area contributed by atoms with Crippen molar-refractivity contribution in [1.82, 2.24) is 10.4 Å². The van der Waals surface area contributed by atoms with E-state index in [-0.39, 0.29) is 5.91 Å². The van der Waals surface area contributed by atoms with E-state index in [2.05, 4.69) is 24.3 Å². The lowest BCUT2D eigenvalue weighted by molar-refractivity contribution is 0.0952. The van der Waals surface area contributed by atoms with Gasteiger partial charge in [-0.05, 0) is 5.92 Å². The molecule has 0 saturated carbocycles. The van der Waals surface area contributed by atoms with Crippen molar-refractivity contribution < 1.29 is 9.53 Å². The molecule has 5 nitrogen and oxygen atoms in total. The number of ether oxygens (including phenoxy) is 1. The minimum absolute atomic E-state index is 0.306. The largest absolute Gasteiger partial charge is 0.378 e. The monoisotopic (exact) mass is 243 g/mol. The molecule has 0 aliphatic heterocycles. The molecule has 0 radical (unpaired) electrons. The van der Waals surface area contributed by atoms with Gasteiger partial charge in [-0.25, -0.2) is 10.8 Å². The quantitative estimate of drug-likeness (QED) is 0.461. The van der Waals surface area contributed by atoms with Crippen molar-refractivity contribution in [2.75, 3.05) is 7.11 Å². The molecule has 0 aromatic carbocycles. The number of rotatable bonds is 5. The number of nitrogens with zero attached hydrogens (tertiary/aromatic N) is 1. The lowest BCUT2D eigenvalue weighted by atomic mass is 10.1. The second-order valence-electron chi connectivity index (χ2n) is 3.89. The number of hydrogen-bond acceptors (Lipinski definition) is 5.